The molecule has 0 fully saturated rings. The Morgan fingerprint density at radius 2 is 1.70 bits per heavy atom. The van der Waals surface area contributed by atoms with Gasteiger partial charge in [0.15, 0.2) is 5.69 Å². The zero-order valence-corrected chi connectivity index (χ0v) is 28.0. The standard InChI is InChI=1S/C36H44N6O3Si/c1-4-6-18-40(19-7-5-2)36(45)32-20-25(3)42(38-32)33-17-16-28(39-46-34-15-11-10-14-31(34)37)22-30(33)35(44)41-23-27-13-9-8-12-26(27)21-29(41)24-43/h8-17,20,22,29,39,43H,4-7,18-19,21,23-24,37H2,1-3H3/t29-/m0/s1. The molecule has 2 radical (unpaired) electrons. The van der Waals surface area contributed by atoms with Gasteiger partial charge >= 0.3 is 0 Å². The van der Waals surface area contributed by atoms with Crippen LogP contribution >= 0.6 is 0 Å². The van der Waals surface area contributed by atoms with E-state index in [1.54, 1.807) is 15.6 Å². The van der Waals surface area contributed by atoms with Gasteiger partial charge in [-0.05, 0) is 72.8 Å². The van der Waals surface area contributed by atoms with Crippen LogP contribution in [0.5, 0.6) is 0 Å². The van der Waals surface area contributed by atoms with Gasteiger partial charge in [-0.1, -0.05) is 69.2 Å². The topological polar surface area (TPSA) is 117 Å². The van der Waals surface area contributed by atoms with Crippen molar-refractivity contribution in [2.45, 2.75) is 65.5 Å². The number of nitrogens with one attached hydrogen (secondary N) is 1. The number of hydrogen-bond donors (Lipinski definition) is 3. The van der Waals surface area contributed by atoms with E-state index in [0.29, 0.717) is 48.7 Å². The van der Waals surface area contributed by atoms with Gasteiger partial charge in [0.05, 0.1) is 23.9 Å². The van der Waals surface area contributed by atoms with Crippen LogP contribution in [0.4, 0.5) is 11.4 Å². The molecule has 1 aliphatic rings. The second-order valence-electron chi connectivity index (χ2n) is 11.9. The van der Waals surface area contributed by atoms with E-state index in [-0.39, 0.29) is 34.1 Å². The molecule has 240 valence electrons. The Kier molecular flexibility index (Phi) is 10.9. The second kappa shape index (κ2) is 15.2. The second-order valence-corrected chi connectivity index (χ2v) is 12.9. The van der Waals surface area contributed by atoms with E-state index in [9.17, 15) is 14.7 Å². The molecule has 0 saturated heterocycles. The van der Waals surface area contributed by atoms with Crippen molar-refractivity contribution in [1.29, 1.82) is 0 Å². The summed E-state index contributed by atoms with van der Waals surface area (Å²) in [6.45, 7) is 7.78. The number of aromatic nitrogens is 2. The zero-order chi connectivity index (χ0) is 32.6. The van der Waals surface area contributed by atoms with Crippen molar-refractivity contribution in [3.63, 3.8) is 0 Å². The summed E-state index contributed by atoms with van der Waals surface area (Å²) in [6.07, 6.45) is 4.45. The number of para-hydroxylation sites is 1. The van der Waals surface area contributed by atoms with Crippen molar-refractivity contribution in [3.05, 3.63) is 101 Å². The maximum absolute atomic E-state index is 14.5. The number of amides is 2. The SMILES string of the molecule is CCCCN(CCCC)C(=O)c1cc(C)n(-c2ccc(N[Si]c3ccccc3N)cc2C(=O)N2Cc3ccccc3C[C@H]2CO)n1. The number of aliphatic hydroxyl groups excluding tert-OH is 1. The van der Waals surface area contributed by atoms with Gasteiger partial charge in [-0.3, -0.25) is 9.59 Å². The molecule has 2 amide bonds. The number of benzene rings is 3. The summed E-state index contributed by atoms with van der Waals surface area (Å²) < 4.78 is 1.70. The molecule has 46 heavy (non-hydrogen) atoms. The normalized spacial score (nSPS) is 14.2. The first kappa shape index (κ1) is 33.0. The lowest BCUT2D eigenvalue weighted by Gasteiger charge is -2.36. The molecule has 1 aliphatic heterocycles. The molecule has 2 heterocycles. The minimum absolute atomic E-state index is 0.0930. The van der Waals surface area contributed by atoms with E-state index in [0.717, 1.165) is 53.4 Å². The smallest absolute Gasteiger partial charge is 0.274 e. The van der Waals surface area contributed by atoms with E-state index in [1.165, 1.54) is 0 Å². The molecule has 0 aliphatic carbocycles. The third-order valence-electron chi connectivity index (χ3n) is 8.54. The number of carbonyl (C=O) groups is 2. The van der Waals surface area contributed by atoms with Crippen LogP contribution < -0.4 is 15.9 Å². The number of nitrogen functional groups attached to an aromatic ring is 1. The third kappa shape index (κ3) is 7.34. The van der Waals surface area contributed by atoms with E-state index in [2.05, 4.69) is 24.9 Å². The fourth-order valence-corrected chi connectivity index (χ4v) is 6.70. The van der Waals surface area contributed by atoms with Crippen LogP contribution in [0.15, 0.2) is 72.8 Å². The molecule has 0 spiro atoms. The Hall–Kier alpha value is -4.41. The lowest BCUT2D eigenvalue weighted by molar-refractivity contribution is 0.0544. The first-order valence-corrected chi connectivity index (χ1v) is 17.2. The first-order chi connectivity index (χ1) is 22.3. The number of nitrogens with zero attached hydrogens (tertiary/aromatic N) is 4. The van der Waals surface area contributed by atoms with Crippen LogP contribution in [-0.2, 0) is 13.0 Å². The number of rotatable bonds is 13. The Morgan fingerprint density at radius 1 is 1.00 bits per heavy atom. The van der Waals surface area contributed by atoms with Gasteiger partial charge in [0.25, 0.3) is 11.8 Å². The monoisotopic (exact) mass is 636 g/mol. The first-order valence-electron chi connectivity index (χ1n) is 16.2. The maximum atomic E-state index is 14.5. The Balaban J connectivity index is 1.52. The van der Waals surface area contributed by atoms with E-state index >= 15 is 0 Å². The minimum atomic E-state index is -0.362. The molecular weight excluding hydrogens is 593 g/mol. The zero-order valence-electron chi connectivity index (χ0n) is 27.0. The van der Waals surface area contributed by atoms with Crippen molar-refractivity contribution in [3.8, 4) is 5.69 Å². The lowest BCUT2D eigenvalue weighted by atomic mass is 9.93. The van der Waals surface area contributed by atoms with E-state index in [1.807, 2.05) is 72.5 Å². The Morgan fingerprint density at radius 3 is 2.39 bits per heavy atom. The largest absolute Gasteiger partial charge is 0.408 e. The molecule has 4 N–H and O–H groups in total. The predicted molar refractivity (Wildman–Crippen MR) is 185 cm³/mol. The molecule has 1 atom stereocenters. The maximum Gasteiger partial charge on any atom is 0.274 e. The number of hydrogen-bond acceptors (Lipinski definition) is 6. The highest BCUT2D eigenvalue weighted by atomic mass is 28.2. The summed E-state index contributed by atoms with van der Waals surface area (Å²) in [6, 6.07) is 22.8. The van der Waals surface area contributed by atoms with E-state index < -0.39 is 0 Å². The highest BCUT2D eigenvalue weighted by Crippen LogP contribution is 2.29. The van der Waals surface area contributed by atoms with Crippen molar-refractivity contribution >= 4 is 38.1 Å². The average Bonchev–Trinajstić information content (AvgIpc) is 3.47. The summed E-state index contributed by atoms with van der Waals surface area (Å²) in [5.41, 5.74) is 12.0. The number of aryl methyl sites for hydroxylation is 1. The van der Waals surface area contributed by atoms with Crippen molar-refractivity contribution < 1.29 is 14.7 Å². The highest BCUT2D eigenvalue weighted by Gasteiger charge is 2.32. The molecule has 9 nitrogen and oxygen atoms in total. The van der Waals surface area contributed by atoms with Gasteiger partial charge in [0.2, 0.25) is 9.68 Å². The fourth-order valence-electron chi connectivity index (χ4n) is 5.86. The molecule has 5 rings (SSSR count). The van der Waals surface area contributed by atoms with Crippen molar-refractivity contribution in [2.24, 2.45) is 0 Å². The van der Waals surface area contributed by atoms with Gasteiger partial charge in [0, 0.05) is 36.7 Å². The summed E-state index contributed by atoms with van der Waals surface area (Å²) in [7, 11) is 0.193. The van der Waals surface area contributed by atoms with Gasteiger partial charge < -0.3 is 25.6 Å². The van der Waals surface area contributed by atoms with Crippen LogP contribution in [-0.4, -0.2) is 71.9 Å². The molecule has 0 saturated carbocycles. The van der Waals surface area contributed by atoms with Gasteiger partial charge in [0.1, 0.15) is 0 Å². The fraction of sp³-hybridized carbons (Fsp3) is 0.361. The van der Waals surface area contributed by atoms with Crippen LogP contribution in [0.2, 0.25) is 0 Å². The summed E-state index contributed by atoms with van der Waals surface area (Å²) in [4.78, 5) is 35.2. The van der Waals surface area contributed by atoms with Crippen LogP contribution in [0.25, 0.3) is 5.69 Å². The predicted octanol–water partition coefficient (Wildman–Crippen LogP) is 4.72. The number of aliphatic hydroxyl groups is 1. The quantitative estimate of drug-likeness (QED) is 0.145. The van der Waals surface area contributed by atoms with Crippen LogP contribution in [0.1, 0.15) is 77.2 Å². The lowest BCUT2D eigenvalue weighted by Crippen LogP contribution is -2.46. The van der Waals surface area contributed by atoms with Crippen molar-refractivity contribution in [2.75, 3.05) is 30.4 Å². The molecule has 4 aromatic rings. The average molecular weight is 637 g/mol. The summed E-state index contributed by atoms with van der Waals surface area (Å²) >= 11 is 0. The van der Waals surface area contributed by atoms with Crippen LogP contribution in [0.3, 0.4) is 0 Å². The number of unbranched alkanes of at least 4 members (excludes halogenated alkanes) is 2. The van der Waals surface area contributed by atoms with Gasteiger partial charge in [-0.25, -0.2) is 4.68 Å². The number of nitrogens with two attached hydrogens (primary N) is 1. The summed E-state index contributed by atoms with van der Waals surface area (Å²) in [5.74, 6) is -0.297. The molecule has 10 heteroatoms. The Labute approximate surface area is 274 Å². The molecule has 3 aromatic carbocycles. The van der Waals surface area contributed by atoms with Crippen LogP contribution in [0, 0.1) is 6.92 Å². The van der Waals surface area contributed by atoms with Crippen molar-refractivity contribution in [1.82, 2.24) is 19.6 Å². The summed E-state index contributed by atoms with van der Waals surface area (Å²) in [5, 5.41) is 16.1. The highest BCUT2D eigenvalue weighted by molar-refractivity contribution is 6.58. The molecule has 0 bridgehead atoms. The Bertz CT molecular complexity index is 1660. The van der Waals surface area contributed by atoms with Gasteiger partial charge in [-0.15, -0.1) is 0 Å². The number of carbonyl (C=O) groups excluding carboxylic acids is 2. The number of fused-ring (bicyclic) bond motifs is 1. The minimum Gasteiger partial charge on any atom is -0.408 e. The number of anilines is 2. The molecule has 1 aromatic heterocycles. The molecule has 0 unspecified atom stereocenters. The third-order valence-corrected chi connectivity index (χ3v) is 9.68. The van der Waals surface area contributed by atoms with E-state index in [4.69, 9.17) is 10.8 Å². The molecular formula is C36H44N6O3Si. The van der Waals surface area contributed by atoms with Gasteiger partial charge in [-0.2, -0.15) is 5.10 Å².